The third-order valence-corrected chi connectivity index (χ3v) is 4.22. The highest BCUT2D eigenvalue weighted by atomic mass is 16.5. The maximum atomic E-state index is 5.46. The summed E-state index contributed by atoms with van der Waals surface area (Å²) in [5.74, 6) is 3.12. The Morgan fingerprint density at radius 2 is 1.94 bits per heavy atom. The lowest BCUT2D eigenvalue weighted by Crippen LogP contribution is -2.48. The lowest BCUT2D eigenvalue weighted by molar-refractivity contribution is 0.0762. The zero-order valence-electron chi connectivity index (χ0n) is 10.1. The van der Waals surface area contributed by atoms with Gasteiger partial charge in [-0.05, 0) is 50.0 Å². The molecule has 3 rings (SSSR count). The molecule has 2 N–H and O–H groups in total. The summed E-state index contributed by atoms with van der Waals surface area (Å²) in [6.45, 7) is 5.10. The average molecular weight is 224 g/mol. The Balaban J connectivity index is 1.34. The fourth-order valence-corrected chi connectivity index (χ4v) is 2.94. The van der Waals surface area contributed by atoms with E-state index in [0.717, 1.165) is 44.1 Å². The molecule has 3 heteroatoms. The van der Waals surface area contributed by atoms with Crippen molar-refractivity contribution < 1.29 is 4.74 Å². The summed E-state index contributed by atoms with van der Waals surface area (Å²) in [6.07, 6.45) is 5.97. The molecule has 2 saturated carbocycles. The van der Waals surface area contributed by atoms with Crippen molar-refractivity contribution in [3.05, 3.63) is 0 Å². The van der Waals surface area contributed by atoms with Crippen molar-refractivity contribution in [1.29, 1.82) is 0 Å². The molecule has 0 aromatic carbocycles. The van der Waals surface area contributed by atoms with Gasteiger partial charge in [0.15, 0.2) is 0 Å². The maximum absolute atomic E-state index is 5.46. The van der Waals surface area contributed by atoms with Crippen LogP contribution in [-0.4, -0.2) is 38.9 Å². The quantitative estimate of drug-likeness (QED) is 0.706. The summed E-state index contributed by atoms with van der Waals surface area (Å²) in [5.41, 5.74) is 0. The smallest absolute Gasteiger partial charge is 0.0632 e. The summed E-state index contributed by atoms with van der Waals surface area (Å²) >= 11 is 0. The summed E-state index contributed by atoms with van der Waals surface area (Å²) in [7, 11) is 0. The van der Waals surface area contributed by atoms with E-state index in [1.165, 1.54) is 32.2 Å². The second kappa shape index (κ2) is 5.03. The Morgan fingerprint density at radius 3 is 2.50 bits per heavy atom. The predicted molar refractivity (Wildman–Crippen MR) is 64.4 cm³/mol. The molecule has 92 valence electrons. The summed E-state index contributed by atoms with van der Waals surface area (Å²) in [5, 5.41) is 7.15. The zero-order valence-corrected chi connectivity index (χ0v) is 10.1. The van der Waals surface area contributed by atoms with Gasteiger partial charge in [-0.15, -0.1) is 0 Å². The third kappa shape index (κ3) is 2.96. The molecule has 1 aliphatic heterocycles. The van der Waals surface area contributed by atoms with Crippen LogP contribution in [-0.2, 0) is 4.74 Å². The number of hydrogen-bond donors (Lipinski definition) is 2. The monoisotopic (exact) mass is 224 g/mol. The van der Waals surface area contributed by atoms with Crippen LogP contribution in [0.3, 0.4) is 0 Å². The molecule has 1 unspecified atom stereocenters. The van der Waals surface area contributed by atoms with Gasteiger partial charge in [0.1, 0.15) is 0 Å². The lowest BCUT2D eigenvalue weighted by Gasteiger charge is -2.25. The van der Waals surface area contributed by atoms with Crippen LogP contribution >= 0.6 is 0 Å². The first-order valence-electron chi connectivity index (χ1n) is 6.95. The first kappa shape index (κ1) is 11.0. The van der Waals surface area contributed by atoms with Crippen LogP contribution in [0.2, 0.25) is 0 Å². The van der Waals surface area contributed by atoms with Gasteiger partial charge in [-0.1, -0.05) is 0 Å². The van der Waals surface area contributed by atoms with Crippen molar-refractivity contribution in [3.63, 3.8) is 0 Å². The van der Waals surface area contributed by atoms with Crippen molar-refractivity contribution in [2.24, 2.45) is 17.8 Å². The SMILES string of the molecule is C1COCC(CNCC(C2CC2)C2CC2)N1. The fourth-order valence-electron chi connectivity index (χ4n) is 2.94. The van der Waals surface area contributed by atoms with Crippen molar-refractivity contribution in [2.75, 3.05) is 32.8 Å². The van der Waals surface area contributed by atoms with Gasteiger partial charge >= 0.3 is 0 Å². The summed E-state index contributed by atoms with van der Waals surface area (Å²) in [4.78, 5) is 0. The van der Waals surface area contributed by atoms with Crippen LogP contribution in [0.5, 0.6) is 0 Å². The van der Waals surface area contributed by atoms with Gasteiger partial charge in [0, 0.05) is 19.1 Å². The van der Waals surface area contributed by atoms with Crippen LogP contribution < -0.4 is 10.6 Å². The Bertz CT molecular complexity index is 208. The van der Waals surface area contributed by atoms with E-state index in [0.29, 0.717) is 6.04 Å². The molecule has 0 amide bonds. The van der Waals surface area contributed by atoms with Crippen LogP contribution in [0.15, 0.2) is 0 Å². The number of rotatable bonds is 6. The van der Waals surface area contributed by atoms with Crippen LogP contribution in [0, 0.1) is 17.8 Å². The minimum atomic E-state index is 0.535. The molecule has 0 bridgehead atoms. The van der Waals surface area contributed by atoms with Crippen LogP contribution in [0.1, 0.15) is 25.7 Å². The summed E-state index contributed by atoms with van der Waals surface area (Å²) in [6, 6.07) is 0.535. The normalized spacial score (nSPS) is 30.9. The highest BCUT2D eigenvalue weighted by molar-refractivity contribution is 4.92. The molecule has 16 heavy (non-hydrogen) atoms. The van der Waals surface area contributed by atoms with Gasteiger partial charge in [-0.3, -0.25) is 0 Å². The maximum Gasteiger partial charge on any atom is 0.0632 e. The highest BCUT2D eigenvalue weighted by Gasteiger charge is 2.40. The molecule has 1 atom stereocenters. The van der Waals surface area contributed by atoms with Crippen molar-refractivity contribution in [1.82, 2.24) is 10.6 Å². The van der Waals surface area contributed by atoms with E-state index in [2.05, 4.69) is 10.6 Å². The van der Waals surface area contributed by atoms with E-state index in [-0.39, 0.29) is 0 Å². The van der Waals surface area contributed by atoms with Crippen LogP contribution in [0.25, 0.3) is 0 Å². The third-order valence-electron chi connectivity index (χ3n) is 4.22. The molecule has 2 aliphatic carbocycles. The van der Waals surface area contributed by atoms with E-state index >= 15 is 0 Å². The van der Waals surface area contributed by atoms with Gasteiger partial charge in [0.25, 0.3) is 0 Å². The molecule has 3 aliphatic rings. The Hall–Kier alpha value is -0.120. The Kier molecular flexibility index (Phi) is 3.46. The number of ether oxygens (including phenoxy) is 1. The zero-order chi connectivity index (χ0) is 10.8. The van der Waals surface area contributed by atoms with Gasteiger partial charge < -0.3 is 15.4 Å². The molecule has 3 fully saturated rings. The molecule has 0 radical (unpaired) electrons. The number of nitrogens with one attached hydrogen (secondary N) is 2. The minimum absolute atomic E-state index is 0.535. The largest absolute Gasteiger partial charge is 0.378 e. The molecule has 1 saturated heterocycles. The van der Waals surface area contributed by atoms with Gasteiger partial charge in [-0.2, -0.15) is 0 Å². The Labute approximate surface area is 98.3 Å². The van der Waals surface area contributed by atoms with Gasteiger partial charge in [0.05, 0.1) is 13.2 Å². The van der Waals surface area contributed by atoms with E-state index in [9.17, 15) is 0 Å². The second-order valence-electron chi connectivity index (χ2n) is 5.72. The first-order chi connectivity index (χ1) is 7.93. The van der Waals surface area contributed by atoms with Crippen molar-refractivity contribution >= 4 is 0 Å². The Morgan fingerprint density at radius 1 is 1.19 bits per heavy atom. The van der Waals surface area contributed by atoms with E-state index in [1.54, 1.807) is 0 Å². The molecule has 0 spiro atoms. The van der Waals surface area contributed by atoms with Crippen molar-refractivity contribution in [3.8, 4) is 0 Å². The van der Waals surface area contributed by atoms with Crippen LogP contribution in [0.4, 0.5) is 0 Å². The number of morpholine rings is 1. The first-order valence-corrected chi connectivity index (χ1v) is 6.95. The second-order valence-corrected chi connectivity index (χ2v) is 5.72. The van der Waals surface area contributed by atoms with E-state index in [1.807, 2.05) is 0 Å². The highest BCUT2D eigenvalue weighted by Crippen LogP contribution is 2.48. The average Bonchev–Trinajstić information content (AvgIpc) is 3.17. The molecular formula is C13H24N2O. The standard InChI is InChI=1S/C13H24N2O/c1-2-10(1)13(11-3-4-11)8-14-7-12-9-16-6-5-15-12/h10-15H,1-9H2. The van der Waals surface area contributed by atoms with E-state index in [4.69, 9.17) is 4.74 Å². The van der Waals surface area contributed by atoms with E-state index < -0.39 is 0 Å². The lowest BCUT2D eigenvalue weighted by atomic mass is 9.98. The number of hydrogen-bond acceptors (Lipinski definition) is 3. The summed E-state index contributed by atoms with van der Waals surface area (Å²) < 4.78 is 5.46. The molecule has 1 heterocycles. The molecule has 3 nitrogen and oxygen atoms in total. The fraction of sp³-hybridized carbons (Fsp3) is 1.00. The topological polar surface area (TPSA) is 33.3 Å². The molecule has 0 aromatic rings. The molecule has 0 aromatic heterocycles. The minimum Gasteiger partial charge on any atom is -0.378 e. The molecular weight excluding hydrogens is 200 g/mol. The van der Waals surface area contributed by atoms with Gasteiger partial charge in [0.2, 0.25) is 0 Å². The van der Waals surface area contributed by atoms with Gasteiger partial charge in [-0.25, -0.2) is 0 Å². The predicted octanol–water partition coefficient (Wildman–Crippen LogP) is 1.00. The van der Waals surface area contributed by atoms with Crippen molar-refractivity contribution in [2.45, 2.75) is 31.7 Å².